The van der Waals surface area contributed by atoms with Crippen LogP contribution in [0.15, 0.2) is 54.6 Å². The van der Waals surface area contributed by atoms with E-state index in [0.29, 0.717) is 23.3 Å². The Hall–Kier alpha value is -3.09. The molecule has 0 aromatic heterocycles. The summed E-state index contributed by atoms with van der Waals surface area (Å²) in [5, 5.41) is 0.271. The maximum atomic E-state index is 15.4. The van der Waals surface area contributed by atoms with E-state index in [1.807, 2.05) is 30.3 Å². The van der Waals surface area contributed by atoms with E-state index in [0.717, 1.165) is 5.56 Å². The normalized spacial score (nSPS) is 17.3. The molecule has 1 atom stereocenters. The summed E-state index contributed by atoms with van der Waals surface area (Å²) in [6, 6.07) is 15.7. The molecule has 3 aromatic rings. The molecular weight excluding hydrogens is 407 g/mol. The zero-order valence-corrected chi connectivity index (χ0v) is 17.0. The van der Waals surface area contributed by atoms with Crippen LogP contribution in [-0.4, -0.2) is 19.6 Å². The van der Waals surface area contributed by atoms with Crippen molar-refractivity contribution in [2.24, 2.45) is 11.5 Å². The van der Waals surface area contributed by atoms with Crippen molar-refractivity contribution < 1.29 is 18.7 Å². The van der Waals surface area contributed by atoms with E-state index in [4.69, 9.17) is 32.5 Å². The Bertz CT molecular complexity index is 1140. The monoisotopic (exact) mass is 426 g/mol. The van der Waals surface area contributed by atoms with E-state index < -0.39 is 17.3 Å². The first-order valence-corrected chi connectivity index (χ1v) is 9.72. The van der Waals surface area contributed by atoms with Crippen molar-refractivity contribution in [1.29, 1.82) is 0 Å². The maximum Gasteiger partial charge on any atom is 0.249 e. The topological polar surface area (TPSA) is 87.6 Å². The van der Waals surface area contributed by atoms with Crippen LogP contribution < -0.4 is 20.9 Å². The van der Waals surface area contributed by atoms with E-state index >= 15 is 4.39 Å². The van der Waals surface area contributed by atoms with E-state index in [1.165, 1.54) is 19.2 Å². The lowest BCUT2D eigenvalue weighted by atomic mass is 9.85. The molecule has 4 rings (SSSR count). The highest BCUT2D eigenvalue weighted by Gasteiger charge is 2.42. The number of nitrogens with two attached hydrogens (primary N) is 2. The molecule has 1 aliphatic rings. The van der Waals surface area contributed by atoms with Gasteiger partial charge in [-0.05, 0) is 29.8 Å². The lowest BCUT2D eigenvalue weighted by Crippen LogP contribution is -2.39. The Morgan fingerprint density at radius 3 is 2.53 bits per heavy atom. The van der Waals surface area contributed by atoms with Gasteiger partial charge in [0.05, 0.1) is 12.7 Å². The van der Waals surface area contributed by atoms with Gasteiger partial charge in [0.25, 0.3) is 0 Å². The number of methoxy groups -OCH3 is 1. The largest absolute Gasteiger partial charge is 0.494 e. The van der Waals surface area contributed by atoms with Crippen LogP contribution in [0.4, 0.5) is 4.39 Å². The summed E-state index contributed by atoms with van der Waals surface area (Å²) in [6.45, 7) is 0.200. The van der Waals surface area contributed by atoms with Crippen molar-refractivity contribution >= 4 is 17.5 Å². The SMILES string of the molecule is COc1ccc(C(N)=O)c(-c2c(Cl)ccc3c2C[C@](CN)(c2ccccc2)O3)c1F. The minimum absolute atomic E-state index is 0.00631. The number of hydrogen-bond donors (Lipinski definition) is 2. The second kappa shape index (κ2) is 7.63. The fourth-order valence-electron chi connectivity index (χ4n) is 3.97. The van der Waals surface area contributed by atoms with Gasteiger partial charge in [0.1, 0.15) is 5.75 Å². The molecule has 1 heterocycles. The molecular formula is C23H20ClFN2O3. The zero-order valence-electron chi connectivity index (χ0n) is 16.2. The Morgan fingerprint density at radius 2 is 1.90 bits per heavy atom. The van der Waals surface area contributed by atoms with Gasteiger partial charge < -0.3 is 20.9 Å². The van der Waals surface area contributed by atoms with Crippen molar-refractivity contribution in [3.63, 3.8) is 0 Å². The van der Waals surface area contributed by atoms with Crippen LogP contribution in [0.3, 0.4) is 0 Å². The fourth-order valence-corrected chi connectivity index (χ4v) is 4.24. The van der Waals surface area contributed by atoms with E-state index in [-0.39, 0.29) is 28.4 Å². The molecule has 1 aliphatic heterocycles. The number of carbonyl (C=O) groups is 1. The predicted octanol–water partition coefficient (Wildman–Crippen LogP) is 4.04. The van der Waals surface area contributed by atoms with Gasteiger partial charge in [-0.2, -0.15) is 0 Å². The summed E-state index contributed by atoms with van der Waals surface area (Å²) in [6.07, 6.45) is 0.355. The van der Waals surface area contributed by atoms with Crippen molar-refractivity contribution in [2.45, 2.75) is 12.0 Å². The number of ether oxygens (including phenoxy) is 2. The van der Waals surface area contributed by atoms with Crippen LogP contribution >= 0.6 is 11.6 Å². The first kappa shape index (κ1) is 20.2. The molecule has 30 heavy (non-hydrogen) atoms. The first-order valence-electron chi connectivity index (χ1n) is 9.34. The molecule has 0 saturated carbocycles. The molecule has 0 unspecified atom stereocenters. The molecule has 4 N–H and O–H groups in total. The number of primary amides is 1. The molecule has 0 fully saturated rings. The van der Waals surface area contributed by atoms with Gasteiger partial charge in [0.2, 0.25) is 5.91 Å². The van der Waals surface area contributed by atoms with E-state index in [1.54, 1.807) is 12.1 Å². The second-order valence-corrected chi connectivity index (χ2v) is 7.52. The fraction of sp³-hybridized carbons (Fsp3) is 0.174. The molecule has 3 aromatic carbocycles. The van der Waals surface area contributed by atoms with Crippen LogP contribution in [0.2, 0.25) is 5.02 Å². The van der Waals surface area contributed by atoms with E-state index in [9.17, 15) is 4.79 Å². The standard InChI is InChI=1S/C23H20ClFN2O3/c1-29-18-9-7-14(22(27)28)20(21(18)25)19-15-11-23(12-26,13-5-3-2-4-6-13)30-17(15)10-8-16(19)24/h2-10H,11-12,26H2,1H3,(H2,27,28)/t23-/m0/s1. The number of hydrogen-bond acceptors (Lipinski definition) is 4. The highest BCUT2D eigenvalue weighted by molar-refractivity contribution is 6.34. The average Bonchev–Trinajstić information content (AvgIpc) is 3.15. The summed E-state index contributed by atoms with van der Waals surface area (Å²) in [5.74, 6) is -0.974. The Labute approximate surface area is 178 Å². The van der Waals surface area contributed by atoms with Gasteiger partial charge in [-0.25, -0.2) is 4.39 Å². The Balaban J connectivity index is 1.96. The van der Waals surface area contributed by atoms with Crippen molar-refractivity contribution in [3.05, 3.63) is 82.1 Å². The lowest BCUT2D eigenvalue weighted by Gasteiger charge is -2.27. The van der Waals surface area contributed by atoms with Crippen LogP contribution in [0.5, 0.6) is 11.5 Å². The zero-order chi connectivity index (χ0) is 21.5. The number of benzene rings is 3. The molecule has 5 nitrogen and oxygen atoms in total. The molecule has 0 spiro atoms. The summed E-state index contributed by atoms with van der Waals surface area (Å²) in [4.78, 5) is 12.1. The van der Waals surface area contributed by atoms with Crippen LogP contribution in [-0.2, 0) is 12.0 Å². The average molecular weight is 427 g/mol. The van der Waals surface area contributed by atoms with Crippen LogP contribution in [0, 0.1) is 5.82 Å². The summed E-state index contributed by atoms with van der Waals surface area (Å²) in [7, 11) is 1.35. The van der Waals surface area contributed by atoms with Gasteiger partial charge >= 0.3 is 0 Å². The highest BCUT2D eigenvalue weighted by atomic mass is 35.5. The predicted molar refractivity (Wildman–Crippen MR) is 113 cm³/mol. The number of carbonyl (C=O) groups excluding carboxylic acids is 1. The third kappa shape index (κ3) is 3.09. The quantitative estimate of drug-likeness (QED) is 0.644. The molecule has 7 heteroatoms. The summed E-state index contributed by atoms with van der Waals surface area (Å²) < 4.78 is 26.8. The molecule has 0 radical (unpaired) electrons. The maximum absolute atomic E-state index is 15.4. The summed E-state index contributed by atoms with van der Waals surface area (Å²) >= 11 is 6.52. The van der Waals surface area contributed by atoms with Crippen molar-refractivity contribution in [3.8, 4) is 22.6 Å². The van der Waals surface area contributed by atoms with Gasteiger partial charge in [-0.15, -0.1) is 0 Å². The van der Waals surface area contributed by atoms with Gasteiger partial charge in [-0.1, -0.05) is 41.9 Å². The third-order valence-electron chi connectivity index (χ3n) is 5.46. The van der Waals surface area contributed by atoms with Gasteiger partial charge in [-0.3, -0.25) is 4.79 Å². The van der Waals surface area contributed by atoms with Crippen molar-refractivity contribution in [2.75, 3.05) is 13.7 Å². The third-order valence-corrected chi connectivity index (χ3v) is 5.77. The molecule has 154 valence electrons. The lowest BCUT2D eigenvalue weighted by molar-refractivity contribution is 0.1000. The summed E-state index contributed by atoms with van der Waals surface area (Å²) in [5.41, 5.74) is 12.8. The minimum atomic E-state index is -0.828. The number of fused-ring (bicyclic) bond motifs is 1. The van der Waals surface area contributed by atoms with Gasteiger partial charge in [0.15, 0.2) is 17.2 Å². The number of amides is 1. The van der Waals surface area contributed by atoms with Gasteiger partial charge in [0, 0.05) is 34.7 Å². The molecule has 1 amide bonds. The number of halogens is 2. The molecule has 0 bridgehead atoms. The Morgan fingerprint density at radius 1 is 1.17 bits per heavy atom. The first-order chi connectivity index (χ1) is 14.4. The van der Waals surface area contributed by atoms with E-state index in [2.05, 4.69) is 0 Å². The molecule has 0 aliphatic carbocycles. The minimum Gasteiger partial charge on any atom is -0.494 e. The van der Waals surface area contributed by atoms with Crippen LogP contribution in [0.1, 0.15) is 21.5 Å². The second-order valence-electron chi connectivity index (χ2n) is 7.11. The van der Waals surface area contributed by atoms with Crippen LogP contribution in [0.25, 0.3) is 11.1 Å². The molecule has 0 saturated heterocycles. The Kier molecular flexibility index (Phi) is 5.13. The highest BCUT2D eigenvalue weighted by Crippen LogP contribution is 2.49. The smallest absolute Gasteiger partial charge is 0.249 e. The van der Waals surface area contributed by atoms with Crippen molar-refractivity contribution in [1.82, 2.24) is 0 Å². The number of rotatable bonds is 5.